The third-order valence-corrected chi connectivity index (χ3v) is 8.86. The van der Waals surface area contributed by atoms with E-state index in [-0.39, 0.29) is 21.1 Å². The minimum absolute atomic E-state index is 0. The van der Waals surface area contributed by atoms with Crippen LogP contribution in [0.1, 0.15) is 0 Å². The first kappa shape index (κ1) is 28.3. The fourth-order valence-electron chi connectivity index (χ4n) is 6.85. The van der Waals surface area contributed by atoms with Crippen LogP contribution in [0.4, 0.5) is 0 Å². The molecular formula is C40H22N6OPt. The number of nitrogens with zero attached hydrogens (tertiary/aromatic N) is 6. The first-order valence-corrected chi connectivity index (χ1v) is 15.3. The molecule has 0 fully saturated rings. The van der Waals surface area contributed by atoms with E-state index in [1.807, 2.05) is 47.4 Å². The quantitative estimate of drug-likeness (QED) is 0.131. The molecule has 5 heterocycles. The minimum atomic E-state index is 0. The van der Waals surface area contributed by atoms with Crippen molar-refractivity contribution in [3.63, 3.8) is 0 Å². The predicted octanol–water partition coefficient (Wildman–Crippen LogP) is 9.11. The molecular weight excluding hydrogens is 776 g/mol. The fraction of sp³-hybridized carbons (Fsp3) is 0. The van der Waals surface area contributed by atoms with Crippen LogP contribution in [0.5, 0.6) is 11.5 Å². The van der Waals surface area contributed by atoms with E-state index in [9.17, 15) is 0 Å². The van der Waals surface area contributed by atoms with Crippen LogP contribution in [0.25, 0.3) is 77.0 Å². The van der Waals surface area contributed by atoms with Crippen LogP contribution in [0.15, 0.2) is 134 Å². The molecule has 228 valence electrons. The number of fused-ring (bicyclic) bond motifs is 12. The summed E-state index contributed by atoms with van der Waals surface area (Å²) in [7, 11) is 0. The van der Waals surface area contributed by atoms with Gasteiger partial charge in [-0.25, -0.2) is 9.97 Å². The van der Waals surface area contributed by atoms with Crippen LogP contribution in [0.3, 0.4) is 0 Å². The zero-order valence-electron chi connectivity index (χ0n) is 25.1. The van der Waals surface area contributed by atoms with Crippen molar-refractivity contribution in [3.05, 3.63) is 147 Å². The van der Waals surface area contributed by atoms with Crippen molar-refractivity contribution >= 4 is 54.8 Å². The Kier molecular flexibility index (Phi) is 6.56. The number of hydrogen-bond acceptors (Lipinski definition) is 5. The van der Waals surface area contributed by atoms with Crippen LogP contribution in [0.2, 0.25) is 0 Å². The summed E-state index contributed by atoms with van der Waals surface area (Å²) in [6, 6.07) is 40.6. The Hall–Kier alpha value is -5.91. The van der Waals surface area contributed by atoms with Crippen LogP contribution < -0.4 is 4.74 Å². The SMILES string of the molecule is [Pt+2].[c-]1c(Oc2[c-]c3c(cc2)c2cncnc2n2ccnc32)ccc2c1c1nccn1c1ccc(-c3ccccc3)c(-c3ccccc3)c21. The normalized spacial score (nSPS) is 11.6. The molecule has 0 amide bonds. The van der Waals surface area contributed by atoms with Crippen molar-refractivity contribution in [1.29, 1.82) is 0 Å². The first-order valence-electron chi connectivity index (χ1n) is 15.3. The van der Waals surface area contributed by atoms with Gasteiger partial charge in [0.25, 0.3) is 0 Å². The number of imidazole rings is 2. The molecule has 10 rings (SSSR count). The van der Waals surface area contributed by atoms with E-state index in [1.54, 1.807) is 12.5 Å². The summed E-state index contributed by atoms with van der Waals surface area (Å²) in [6.07, 6.45) is 10.9. The largest absolute Gasteiger partial charge is 2.00 e. The van der Waals surface area contributed by atoms with Gasteiger partial charge < -0.3 is 13.5 Å². The number of hydrogen-bond donors (Lipinski definition) is 0. The summed E-state index contributed by atoms with van der Waals surface area (Å²) >= 11 is 0. The van der Waals surface area contributed by atoms with E-state index in [2.05, 4.69) is 110 Å². The number of ether oxygens (including phenoxy) is 1. The minimum Gasteiger partial charge on any atom is -0.497 e. The van der Waals surface area contributed by atoms with Gasteiger partial charge in [-0.1, -0.05) is 113 Å². The van der Waals surface area contributed by atoms with Gasteiger partial charge in [0.15, 0.2) is 0 Å². The maximum Gasteiger partial charge on any atom is 2.00 e. The molecule has 0 aliphatic heterocycles. The summed E-state index contributed by atoms with van der Waals surface area (Å²) < 4.78 is 10.6. The molecule has 0 saturated carbocycles. The Balaban J connectivity index is 0.00000314. The molecule has 5 aromatic heterocycles. The Bertz CT molecular complexity index is 2830. The van der Waals surface area contributed by atoms with Gasteiger partial charge >= 0.3 is 21.1 Å². The molecule has 0 bridgehead atoms. The summed E-state index contributed by atoms with van der Waals surface area (Å²) in [4.78, 5) is 18.1. The molecule has 8 heteroatoms. The molecule has 48 heavy (non-hydrogen) atoms. The summed E-state index contributed by atoms with van der Waals surface area (Å²) in [5.41, 5.74) is 8.09. The standard InChI is InChI=1S/C40H22N6O.Pt/c1-3-7-25(8-4-1)29-15-16-35-37(36(29)26-9-5-2-6-10-26)31-14-12-28(22-33(31)38-42-17-19-45(35)38)47-27-11-13-30-32(21-27)39-43-18-20-46(39)40-34(30)23-41-24-44-40;/h1-20,23-24H;/q-2;+2. The van der Waals surface area contributed by atoms with E-state index in [1.165, 1.54) is 11.1 Å². The van der Waals surface area contributed by atoms with Gasteiger partial charge in [-0.3, -0.25) is 9.97 Å². The number of aromatic nitrogens is 6. The molecule has 0 aliphatic rings. The van der Waals surface area contributed by atoms with Gasteiger partial charge in [-0.2, -0.15) is 0 Å². The molecule has 0 N–H and O–H groups in total. The van der Waals surface area contributed by atoms with E-state index >= 15 is 0 Å². The van der Waals surface area contributed by atoms with E-state index in [0.29, 0.717) is 11.5 Å². The second kappa shape index (κ2) is 11.1. The Morgan fingerprint density at radius 2 is 1.21 bits per heavy atom. The van der Waals surface area contributed by atoms with E-state index in [4.69, 9.17) is 9.72 Å². The molecule has 0 saturated heterocycles. The van der Waals surface area contributed by atoms with Crippen LogP contribution >= 0.6 is 0 Å². The van der Waals surface area contributed by atoms with Crippen LogP contribution in [-0.2, 0) is 21.1 Å². The Morgan fingerprint density at radius 3 is 1.96 bits per heavy atom. The van der Waals surface area contributed by atoms with Crippen LogP contribution in [-0.4, -0.2) is 28.7 Å². The second-order valence-corrected chi connectivity index (χ2v) is 11.4. The zero-order valence-corrected chi connectivity index (χ0v) is 27.4. The maximum atomic E-state index is 6.46. The molecule has 0 atom stereocenters. The van der Waals surface area contributed by atoms with Crippen LogP contribution in [0, 0.1) is 12.1 Å². The average molecular weight is 798 g/mol. The van der Waals surface area contributed by atoms with Crippen molar-refractivity contribution in [2.45, 2.75) is 0 Å². The topological polar surface area (TPSA) is 69.6 Å². The smallest absolute Gasteiger partial charge is 0.497 e. The van der Waals surface area contributed by atoms with Crippen molar-refractivity contribution in [2.24, 2.45) is 0 Å². The van der Waals surface area contributed by atoms with Gasteiger partial charge in [0.2, 0.25) is 0 Å². The number of rotatable bonds is 4. The maximum absolute atomic E-state index is 6.46. The first-order chi connectivity index (χ1) is 23.3. The van der Waals surface area contributed by atoms with Gasteiger partial charge in [0, 0.05) is 53.4 Å². The number of pyridine rings is 2. The predicted molar refractivity (Wildman–Crippen MR) is 185 cm³/mol. The van der Waals surface area contributed by atoms with Crippen molar-refractivity contribution < 1.29 is 25.8 Å². The van der Waals surface area contributed by atoms with Gasteiger partial charge in [-0.05, 0) is 33.7 Å². The number of benzene rings is 5. The molecule has 0 unspecified atom stereocenters. The third kappa shape index (κ3) is 4.25. The third-order valence-electron chi connectivity index (χ3n) is 8.86. The second-order valence-electron chi connectivity index (χ2n) is 11.4. The summed E-state index contributed by atoms with van der Waals surface area (Å²) in [5, 5.41) is 5.78. The fourth-order valence-corrected chi connectivity index (χ4v) is 6.85. The molecule has 7 nitrogen and oxygen atoms in total. The van der Waals surface area contributed by atoms with E-state index in [0.717, 1.165) is 65.9 Å². The Morgan fingerprint density at radius 1 is 0.562 bits per heavy atom. The molecule has 0 radical (unpaired) electrons. The summed E-state index contributed by atoms with van der Waals surface area (Å²) in [6.45, 7) is 0. The molecule has 10 aromatic rings. The summed E-state index contributed by atoms with van der Waals surface area (Å²) in [5.74, 6) is 1.13. The van der Waals surface area contributed by atoms with Gasteiger partial charge in [0.1, 0.15) is 12.0 Å². The molecule has 0 spiro atoms. The van der Waals surface area contributed by atoms with Crippen molar-refractivity contribution in [2.75, 3.05) is 0 Å². The average Bonchev–Trinajstić information content (AvgIpc) is 3.84. The molecule has 5 aromatic carbocycles. The van der Waals surface area contributed by atoms with Crippen molar-refractivity contribution in [1.82, 2.24) is 28.7 Å². The monoisotopic (exact) mass is 797 g/mol. The van der Waals surface area contributed by atoms with E-state index < -0.39 is 0 Å². The van der Waals surface area contributed by atoms with Gasteiger partial charge in [-0.15, -0.1) is 12.1 Å². The molecule has 0 aliphatic carbocycles. The Labute approximate surface area is 288 Å². The zero-order chi connectivity index (χ0) is 30.9. The van der Waals surface area contributed by atoms with Crippen molar-refractivity contribution in [3.8, 4) is 33.8 Å². The van der Waals surface area contributed by atoms with Gasteiger partial charge in [0.05, 0.1) is 11.3 Å².